The van der Waals surface area contributed by atoms with Gasteiger partial charge in [-0.15, -0.1) is 0 Å². The van der Waals surface area contributed by atoms with Gasteiger partial charge in [-0.3, -0.25) is 5.32 Å². The molecule has 1 N–H and O–H groups in total. The Hall–Kier alpha value is -0.930. The first-order valence-electron chi connectivity index (χ1n) is 5.34. The van der Waals surface area contributed by atoms with E-state index in [1.165, 1.54) is 6.07 Å². The maximum atomic E-state index is 13.3. The number of ether oxygens (including phenoxy) is 1. The lowest BCUT2D eigenvalue weighted by atomic mass is 10.1. The monoisotopic (exact) mass is 209 g/mol. The molecule has 0 radical (unpaired) electrons. The summed E-state index contributed by atoms with van der Waals surface area (Å²) < 4.78 is 18.9. The van der Waals surface area contributed by atoms with Gasteiger partial charge in [0.15, 0.2) is 0 Å². The highest BCUT2D eigenvalue weighted by atomic mass is 19.1. The second-order valence-corrected chi connectivity index (χ2v) is 4.13. The van der Waals surface area contributed by atoms with Gasteiger partial charge in [-0.05, 0) is 17.5 Å². The second-order valence-electron chi connectivity index (χ2n) is 4.13. The van der Waals surface area contributed by atoms with E-state index >= 15 is 0 Å². The molecule has 3 heteroatoms. The van der Waals surface area contributed by atoms with E-state index < -0.39 is 0 Å². The Morgan fingerprint density at radius 1 is 1.47 bits per heavy atom. The van der Waals surface area contributed by atoms with Gasteiger partial charge < -0.3 is 4.74 Å². The van der Waals surface area contributed by atoms with Gasteiger partial charge in [-0.25, -0.2) is 4.39 Å². The molecule has 2 nitrogen and oxygen atoms in total. The lowest BCUT2D eigenvalue weighted by Crippen LogP contribution is -2.43. The zero-order valence-electron chi connectivity index (χ0n) is 8.87. The van der Waals surface area contributed by atoms with Crippen molar-refractivity contribution in [3.63, 3.8) is 0 Å². The van der Waals surface area contributed by atoms with Crippen molar-refractivity contribution in [3.05, 3.63) is 35.6 Å². The molecule has 82 valence electrons. The van der Waals surface area contributed by atoms with E-state index in [0.29, 0.717) is 17.9 Å². The molecular formula is C12H16FNO. The topological polar surface area (TPSA) is 21.3 Å². The fraction of sp³-hybridized carbons (Fsp3) is 0.500. The molecule has 1 aliphatic heterocycles. The van der Waals surface area contributed by atoms with E-state index in [-0.39, 0.29) is 12.0 Å². The lowest BCUT2D eigenvalue weighted by molar-refractivity contribution is -0.0231. The molecular weight excluding hydrogens is 193 g/mol. The summed E-state index contributed by atoms with van der Waals surface area (Å²) >= 11 is 0. The molecule has 1 aromatic rings. The van der Waals surface area contributed by atoms with Gasteiger partial charge in [0.2, 0.25) is 0 Å². The van der Waals surface area contributed by atoms with Crippen LogP contribution in [0, 0.1) is 11.7 Å². The Kier molecular flexibility index (Phi) is 3.34. The molecule has 1 saturated heterocycles. The molecule has 2 unspecified atom stereocenters. The summed E-state index contributed by atoms with van der Waals surface area (Å²) in [5.74, 6) is 0.392. The number of halogens is 1. The first-order chi connectivity index (χ1) is 7.25. The van der Waals surface area contributed by atoms with Crippen LogP contribution in [0.5, 0.6) is 0 Å². The number of rotatable bonds is 2. The van der Waals surface area contributed by atoms with Crippen LogP contribution in [0.2, 0.25) is 0 Å². The third-order valence-corrected chi connectivity index (χ3v) is 2.64. The van der Waals surface area contributed by atoms with Crippen LogP contribution < -0.4 is 5.32 Å². The van der Waals surface area contributed by atoms with Crippen LogP contribution in [-0.4, -0.2) is 19.4 Å². The fourth-order valence-electron chi connectivity index (χ4n) is 1.73. The minimum absolute atomic E-state index is 0.0434. The van der Waals surface area contributed by atoms with Gasteiger partial charge in [0.1, 0.15) is 12.0 Å². The van der Waals surface area contributed by atoms with E-state index in [9.17, 15) is 4.39 Å². The lowest BCUT2D eigenvalue weighted by Gasteiger charge is -2.28. The molecule has 15 heavy (non-hydrogen) atoms. The molecule has 2 rings (SSSR count). The molecule has 1 aromatic carbocycles. The van der Waals surface area contributed by atoms with Crippen LogP contribution in [0.3, 0.4) is 0 Å². The molecule has 0 spiro atoms. The van der Waals surface area contributed by atoms with Crippen LogP contribution >= 0.6 is 0 Å². The number of hydrogen-bond donors (Lipinski definition) is 1. The second kappa shape index (κ2) is 4.73. The number of nitrogens with one attached hydrogen (secondary N) is 1. The average molecular weight is 209 g/mol. The summed E-state index contributed by atoms with van der Waals surface area (Å²) in [4.78, 5) is 0. The van der Waals surface area contributed by atoms with Gasteiger partial charge in [0, 0.05) is 13.0 Å². The molecule has 1 fully saturated rings. The fourth-order valence-corrected chi connectivity index (χ4v) is 1.73. The quantitative estimate of drug-likeness (QED) is 0.803. The smallest absolute Gasteiger partial charge is 0.126 e. The summed E-state index contributed by atoms with van der Waals surface area (Å²) in [6.07, 6.45) is 0.553. The van der Waals surface area contributed by atoms with Crippen molar-refractivity contribution in [3.8, 4) is 0 Å². The summed E-state index contributed by atoms with van der Waals surface area (Å²) in [5, 5.41) is 3.26. The third-order valence-electron chi connectivity index (χ3n) is 2.64. The highest BCUT2D eigenvalue weighted by Crippen LogP contribution is 2.12. The molecule has 2 atom stereocenters. The first-order valence-corrected chi connectivity index (χ1v) is 5.34. The Morgan fingerprint density at radius 3 is 2.93 bits per heavy atom. The minimum atomic E-state index is -0.151. The standard InChI is InChI=1S/C12H16FNO/c1-9-7-14-12(15-8-9)6-10-4-2-3-5-11(10)13/h2-5,9,12,14H,6-8H2,1H3. The van der Waals surface area contributed by atoms with Gasteiger partial charge >= 0.3 is 0 Å². The molecule has 1 heterocycles. The van der Waals surface area contributed by atoms with Crippen molar-refractivity contribution in [1.82, 2.24) is 5.32 Å². The molecule has 0 bridgehead atoms. The zero-order valence-corrected chi connectivity index (χ0v) is 8.87. The molecule has 0 aliphatic carbocycles. The summed E-state index contributed by atoms with van der Waals surface area (Å²) in [7, 11) is 0. The van der Waals surface area contributed by atoms with Gasteiger partial charge in [-0.2, -0.15) is 0 Å². The summed E-state index contributed by atoms with van der Waals surface area (Å²) in [6.45, 7) is 3.83. The van der Waals surface area contributed by atoms with Crippen molar-refractivity contribution in [2.75, 3.05) is 13.2 Å². The van der Waals surface area contributed by atoms with Gasteiger partial charge in [0.05, 0.1) is 6.61 Å². The van der Waals surface area contributed by atoms with Gasteiger partial charge in [0.25, 0.3) is 0 Å². The van der Waals surface area contributed by atoms with E-state index in [4.69, 9.17) is 4.74 Å². The number of hydrogen-bond acceptors (Lipinski definition) is 2. The summed E-state index contributed by atoms with van der Waals surface area (Å²) in [5.41, 5.74) is 0.713. The highest BCUT2D eigenvalue weighted by Gasteiger charge is 2.18. The molecule has 1 aliphatic rings. The van der Waals surface area contributed by atoms with Crippen LogP contribution in [0.15, 0.2) is 24.3 Å². The normalized spacial score (nSPS) is 26.5. The molecule has 0 aromatic heterocycles. The Balaban J connectivity index is 1.95. The van der Waals surface area contributed by atoms with Crippen LogP contribution in [0.25, 0.3) is 0 Å². The summed E-state index contributed by atoms with van der Waals surface area (Å²) in [6, 6.07) is 6.85. The highest BCUT2D eigenvalue weighted by molar-refractivity contribution is 5.18. The SMILES string of the molecule is CC1CNC(Cc2ccccc2F)OC1. The predicted molar refractivity (Wildman–Crippen MR) is 57.0 cm³/mol. The third kappa shape index (κ3) is 2.76. The van der Waals surface area contributed by atoms with E-state index in [1.54, 1.807) is 12.1 Å². The Labute approximate surface area is 89.4 Å². The number of benzene rings is 1. The minimum Gasteiger partial charge on any atom is -0.363 e. The molecule has 0 saturated carbocycles. The van der Waals surface area contributed by atoms with Crippen LogP contribution in [0.1, 0.15) is 12.5 Å². The average Bonchev–Trinajstić information content (AvgIpc) is 2.25. The van der Waals surface area contributed by atoms with Crippen molar-refractivity contribution in [2.24, 2.45) is 5.92 Å². The maximum absolute atomic E-state index is 13.3. The predicted octanol–water partition coefficient (Wildman–Crippen LogP) is 1.95. The van der Waals surface area contributed by atoms with Crippen LogP contribution in [-0.2, 0) is 11.2 Å². The van der Waals surface area contributed by atoms with Crippen molar-refractivity contribution < 1.29 is 9.13 Å². The Bertz CT molecular complexity index is 321. The zero-order chi connectivity index (χ0) is 10.7. The molecule has 0 amide bonds. The van der Waals surface area contributed by atoms with Crippen LogP contribution in [0.4, 0.5) is 4.39 Å². The Morgan fingerprint density at radius 2 is 2.27 bits per heavy atom. The van der Waals surface area contributed by atoms with E-state index in [1.807, 2.05) is 6.07 Å². The van der Waals surface area contributed by atoms with Crippen molar-refractivity contribution in [1.29, 1.82) is 0 Å². The van der Waals surface area contributed by atoms with Gasteiger partial charge in [-0.1, -0.05) is 25.1 Å². The largest absolute Gasteiger partial charge is 0.363 e. The van der Waals surface area contributed by atoms with Crippen molar-refractivity contribution >= 4 is 0 Å². The maximum Gasteiger partial charge on any atom is 0.126 e. The van der Waals surface area contributed by atoms with E-state index in [0.717, 1.165) is 13.2 Å². The van der Waals surface area contributed by atoms with Crippen molar-refractivity contribution in [2.45, 2.75) is 19.6 Å². The first kappa shape index (κ1) is 10.6. The van der Waals surface area contributed by atoms with E-state index in [2.05, 4.69) is 12.2 Å².